The van der Waals surface area contributed by atoms with Gasteiger partial charge in [-0.15, -0.1) is 0 Å². The Kier molecular flexibility index (Phi) is 5.24. The Morgan fingerprint density at radius 3 is 2.45 bits per heavy atom. The molecule has 2 aromatic carbocycles. The van der Waals surface area contributed by atoms with Crippen LogP contribution in [0.1, 0.15) is 11.1 Å². The number of allylic oxidation sites excluding steroid dienone is 1. The largest absolute Gasteiger partial charge is 0.497 e. The molecule has 0 spiro atoms. The van der Waals surface area contributed by atoms with Crippen LogP contribution in [-0.2, 0) is 7.05 Å². The van der Waals surface area contributed by atoms with E-state index in [1.54, 1.807) is 56.5 Å². The van der Waals surface area contributed by atoms with Crippen LogP contribution in [0.4, 0.5) is 0 Å². The summed E-state index contributed by atoms with van der Waals surface area (Å²) in [6.07, 6.45) is 6.26. The third kappa shape index (κ3) is 3.76. The minimum Gasteiger partial charge on any atom is -0.497 e. The third-order valence-electron chi connectivity index (χ3n) is 4.91. The predicted octanol–water partition coefficient (Wildman–Crippen LogP) is 3.09. The Hall–Kier alpha value is -4.38. The van der Waals surface area contributed by atoms with Gasteiger partial charge in [-0.1, -0.05) is 6.07 Å². The van der Waals surface area contributed by atoms with Crippen LogP contribution in [0.3, 0.4) is 0 Å². The van der Waals surface area contributed by atoms with Gasteiger partial charge in [-0.2, -0.15) is 10.4 Å². The Bertz CT molecular complexity index is 1390. The maximum Gasteiger partial charge on any atom is 0.265 e. The van der Waals surface area contributed by atoms with E-state index in [1.807, 2.05) is 18.2 Å². The van der Waals surface area contributed by atoms with Crippen molar-refractivity contribution in [2.24, 2.45) is 7.05 Å². The van der Waals surface area contributed by atoms with Crippen LogP contribution in [-0.4, -0.2) is 33.6 Å². The Morgan fingerprint density at radius 1 is 1.10 bits per heavy atom. The quantitative estimate of drug-likeness (QED) is 0.467. The average molecular weight is 413 g/mol. The highest BCUT2D eigenvalue weighted by Crippen LogP contribution is 2.31. The van der Waals surface area contributed by atoms with Gasteiger partial charge in [0.1, 0.15) is 17.8 Å². The number of methoxy groups -OCH3 is 2. The van der Waals surface area contributed by atoms with Crippen molar-refractivity contribution < 1.29 is 9.47 Å². The summed E-state index contributed by atoms with van der Waals surface area (Å²) < 4.78 is 13.8. The number of nitrogens with zero attached hydrogens (tertiary/aromatic N) is 5. The summed E-state index contributed by atoms with van der Waals surface area (Å²) in [5.74, 6) is 1.19. The summed E-state index contributed by atoms with van der Waals surface area (Å²) in [7, 11) is 4.91. The maximum absolute atomic E-state index is 13.2. The van der Waals surface area contributed by atoms with Gasteiger partial charge in [0.15, 0.2) is 0 Å². The molecule has 0 unspecified atom stereocenters. The molecule has 4 aromatic rings. The van der Waals surface area contributed by atoms with E-state index in [0.29, 0.717) is 39.2 Å². The van der Waals surface area contributed by atoms with Gasteiger partial charge in [-0.3, -0.25) is 14.0 Å². The lowest BCUT2D eigenvalue weighted by Crippen LogP contribution is -2.18. The molecule has 2 heterocycles. The van der Waals surface area contributed by atoms with E-state index in [-0.39, 0.29) is 5.56 Å². The molecule has 8 heteroatoms. The number of ether oxygens (including phenoxy) is 2. The molecule has 2 aromatic heterocycles. The van der Waals surface area contributed by atoms with E-state index in [9.17, 15) is 10.1 Å². The lowest BCUT2D eigenvalue weighted by Gasteiger charge is -2.12. The number of nitriles is 1. The number of benzene rings is 2. The van der Waals surface area contributed by atoms with Crippen LogP contribution in [0.15, 0.2) is 66.0 Å². The predicted molar refractivity (Wildman–Crippen MR) is 116 cm³/mol. The molecule has 31 heavy (non-hydrogen) atoms. The first-order valence-corrected chi connectivity index (χ1v) is 9.38. The average Bonchev–Trinajstić information content (AvgIpc) is 3.23. The van der Waals surface area contributed by atoms with Crippen molar-refractivity contribution in [3.63, 3.8) is 0 Å². The van der Waals surface area contributed by atoms with Crippen LogP contribution in [0.25, 0.3) is 22.2 Å². The molecule has 0 fully saturated rings. The second-order valence-corrected chi connectivity index (χ2v) is 6.81. The lowest BCUT2D eigenvalue weighted by molar-refractivity contribution is 0.394. The topological polar surface area (TPSA) is 95.0 Å². The van der Waals surface area contributed by atoms with Crippen molar-refractivity contribution >= 4 is 16.5 Å². The SMILES string of the molecule is COc1cc(OC)cc(C(=CC#N)c2ccc3ncn(-c4cnn(C)c4)c(=O)c3c2)c1. The summed E-state index contributed by atoms with van der Waals surface area (Å²) in [4.78, 5) is 17.6. The van der Waals surface area contributed by atoms with Crippen LogP contribution < -0.4 is 15.0 Å². The van der Waals surface area contributed by atoms with E-state index in [4.69, 9.17) is 9.47 Å². The second kappa shape index (κ2) is 8.16. The molecule has 4 rings (SSSR count). The zero-order valence-corrected chi connectivity index (χ0v) is 17.2. The normalized spacial score (nSPS) is 11.4. The monoisotopic (exact) mass is 413 g/mol. The fourth-order valence-electron chi connectivity index (χ4n) is 3.37. The molecule has 0 saturated carbocycles. The van der Waals surface area contributed by atoms with Crippen molar-refractivity contribution in [3.05, 3.63) is 82.7 Å². The van der Waals surface area contributed by atoms with Crippen molar-refractivity contribution in [2.45, 2.75) is 0 Å². The minimum atomic E-state index is -0.223. The zero-order chi connectivity index (χ0) is 22.0. The van der Waals surface area contributed by atoms with Gasteiger partial charge in [0, 0.05) is 25.4 Å². The summed E-state index contributed by atoms with van der Waals surface area (Å²) >= 11 is 0. The highest BCUT2D eigenvalue weighted by atomic mass is 16.5. The highest BCUT2D eigenvalue weighted by Gasteiger charge is 2.13. The van der Waals surface area contributed by atoms with Gasteiger partial charge < -0.3 is 9.47 Å². The summed E-state index contributed by atoms with van der Waals surface area (Å²) in [6, 6.07) is 12.8. The zero-order valence-electron chi connectivity index (χ0n) is 17.2. The van der Waals surface area contributed by atoms with E-state index < -0.39 is 0 Å². The number of aryl methyl sites for hydroxylation is 1. The molecule has 0 aliphatic heterocycles. The van der Waals surface area contributed by atoms with Crippen LogP contribution in [0, 0.1) is 11.3 Å². The smallest absolute Gasteiger partial charge is 0.265 e. The first-order chi connectivity index (χ1) is 15.0. The van der Waals surface area contributed by atoms with Gasteiger partial charge in [-0.25, -0.2) is 4.98 Å². The van der Waals surface area contributed by atoms with Crippen molar-refractivity contribution in [1.29, 1.82) is 5.26 Å². The van der Waals surface area contributed by atoms with Crippen molar-refractivity contribution in [2.75, 3.05) is 14.2 Å². The summed E-state index contributed by atoms with van der Waals surface area (Å²) in [5.41, 5.74) is 3.03. The number of rotatable bonds is 5. The number of fused-ring (bicyclic) bond motifs is 1. The van der Waals surface area contributed by atoms with E-state index in [1.165, 1.54) is 17.0 Å². The van der Waals surface area contributed by atoms with Crippen LogP contribution in [0.2, 0.25) is 0 Å². The molecule has 0 N–H and O–H groups in total. The Balaban J connectivity index is 1.90. The van der Waals surface area contributed by atoms with Gasteiger partial charge >= 0.3 is 0 Å². The highest BCUT2D eigenvalue weighted by molar-refractivity contribution is 5.88. The molecular formula is C23H19N5O3. The molecule has 0 saturated heterocycles. The van der Waals surface area contributed by atoms with Crippen molar-refractivity contribution in [1.82, 2.24) is 19.3 Å². The Labute approximate surface area is 178 Å². The number of hydrogen-bond acceptors (Lipinski definition) is 6. The molecule has 0 aliphatic carbocycles. The summed E-state index contributed by atoms with van der Waals surface area (Å²) in [5, 5.41) is 13.9. The molecule has 0 bridgehead atoms. The van der Waals surface area contributed by atoms with Gasteiger partial charge in [0.25, 0.3) is 5.56 Å². The van der Waals surface area contributed by atoms with Crippen molar-refractivity contribution in [3.8, 4) is 23.3 Å². The molecule has 0 aliphatic rings. The molecule has 8 nitrogen and oxygen atoms in total. The van der Waals surface area contributed by atoms with E-state index in [0.717, 1.165) is 5.56 Å². The fraction of sp³-hybridized carbons (Fsp3) is 0.130. The standard InChI is InChI=1S/C23H19N5O3/c1-27-13-17(12-26-27)28-14-25-22-5-4-15(10-21(22)23(28)29)20(6-7-24)16-8-18(30-2)11-19(9-16)31-3/h4-6,8-14H,1-3H3. The van der Waals surface area contributed by atoms with E-state index >= 15 is 0 Å². The van der Waals surface area contributed by atoms with Gasteiger partial charge in [0.2, 0.25) is 0 Å². The molecule has 154 valence electrons. The van der Waals surface area contributed by atoms with Gasteiger partial charge in [0.05, 0.1) is 43.1 Å². The maximum atomic E-state index is 13.2. The van der Waals surface area contributed by atoms with Crippen LogP contribution >= 0.6 is 0 Å². The first-order valence-electron chi connectivity index (χ1n) is 9.38. The fourth-order valence-corrected chi connectivity index (χ4v) is 3.37. The summed E-state index contributed by atoms with van der Waals surface area (Å²) in [6.45, 7) is 0. The minimum absolute atomic E-state index is 0.223. The van der Waals surface area contributed by atoms with E-state index in [2.05, 4.69) is 16.2 Å². The number of aromatic nitrogens is 4. The molecular weight excluding hydrogens is 394 g/mol. The van der Waals surface area contributed by atoms with Crippen LogP contribution in [0.5, 0.6) is 11.5 Å². The molecule has 0 amide bonds. The molecule has 0 radical (unpaired) electrons. The van der Waals surface area contributed by atoms with Gasteiger partial charge in [-0.05, 0) is 41.0 Å². The lowest BCUT2D eigenvalue weighted by atomic mass is 9.96. The second-order valence-electron chi connectivity index (χ2n) is 6.81. The third-order valence-corrected chi connectivity index (χ3v) is 4.91. The molecule has 0 atom stereocenters. The number of hydrogen-bond donors (Lipinski definition) is 0. The Morgan fingerprint density at radius 2 is 1.84 bits per heavy atom. The first kappa shape index (κ1) is 19.9.